The summed E-state index contributed by atoms with van der Waals surface area (Å²) in [5.74, 6) is -1.20. The Morgan fingerprint density at radius 1 is 1.05 bits per heavy atom. The van der Waals surface area contributed by atoms with Gasteiger partial charge in [-0.25, -0.2) is 9.18 Å². The molecule has 4 heteroatoms. The van der Waals surface area contributed by atoms with Crippen LogP contribution in [-0.4, -0.2) is 11.1 Å². The van der Waals surface area contributed by atoms with E-state index in [1.165, 1.54) is 12.1 Å². The smallest absolute Gasteiger partial charge is 0.336 e. The first-order chi connectivity index (χ1) is 9.16. The monoisotopic (exact) mass is 259 g/mol. The highest BCUT2D eigenvalue weighted by Gasteiger charge is 2.07. The number of halogens is 1. The average Bonchev–Trinajstić information content (AvgIpc) is 2.41. The summed E-state index contributed by atoms with van der Waals surface area (Å²) in [5, 5.41) is 12.2. The summed E-state index contributed by atoms with van der Waals surface area (Å²) in [5.41, 5.74) is 1.99. The van der Waals surface area contributed by atoms with E-state index >= 15 is 0 Å². The maximum absolute atomic E-state index is 12.7. The number of hydrogen-bond acceptors (Lipinski definition) is 2. The van der Waals surface area contributed by atoms with Crippen LogP contribution in [0.3, 0.4) is 0 Å². The third-order valence-corrected chi connectivity index (χ3v) is 2.81. The van der Waals surface area contributed by atoms with Crippen LogP contribution >= 0.6 is 0 Å². The van der Waals surface area contributed by atoms with Gasteiger partial charge in [-0.2, -0.15) is 0 Å². The van der Waals surface area contributed by atoms with Gasteiger partial charge in [0.15, 0.2) is 0 Å². The van der Waals surface area contributed by atoms with Crippen LogP contribution < -0.4 is 5.32 Å². The molecule has 0 saturated carbocycles. The van der Waals surface area contributed by atoms with Crippen molar-refractivity contribution in [1.82, 2.24) is 5.32 Å². The fourth-order valence-corrected chi connectivity index (χ4v) is 1.83. The number of carboxylic acid groups (broad SMARTS) is 1. The van der Waals surface area contributed by atoms with E-state index in [2.05, 4.69) is 5.32 Å². The van der Waals surface area contributed by atoms with Gasteiger partial charge in [-0.05, 0) is 29.3 Å². The number of nitrogens with one attached hydrogen (secondary N) is 1. The molecule has 2 aromatic carbocycles. The molecule has 0 radical (unpaired) electrons. The van der Waals surface area contributed by atoms with Gasteiger partial charge in [0.05, 0.1) is 5.56 Å². The molecule has 0 fully saturated rings. The van der Waals surface area contributed by atoms with Crippen LogP contribution in [0.2, 0.25) is 0 Å². The van der Waals surface area contributed by atoms with Crippen LogP contribution in [0.5, 0.6) is 0 Å². The maximum Gasteiger partial charge on any atom is 0.336 e. The SMILES string of the molecule is O=C(O)c1ccccc1CNCc1ccc(F)cc1. The van der Waals surface area contributed by atoms with Gasteiger partial charge in [-0.15, -0.1) is 0 Å². The summed E-state index contributed by atoms with van der Waals surface area (Å²) >= 11 is 0. The Bertz CT molecular complexity index is 567. The second-order valence-corrected chi connectivity index (χ2v) is 4.19. The van der Waals surface area contributed by atoms with Crippen molar-refractivity contribution in [2.45, 2.75) is 13.1 Å². The Morgan fingerprint density at radius 3 is 2.42 bits per heavy atom. The van der Waals surface area contributed by atoms with Crippen molar-refractivity contribution in [3.63, 3.8) is 0 Å². The van der Waals surface area contributed by atoms with Crippen LogP contribution in [0.1, 0.15) is 21.5 Å². The van der Waals surface area contributed by atoms with Gasteiger partial charge in [-0.3, -0.25) is 0 Å². The highest BCUT2D eigenvalue weighted by molar-refractivity contribution is 5.89. The van der Waals surface area contributed by atoms with E-state index in [4.69, 9.17) is 5.11 Å². The minimum atomic E-state index is -0.931. The van der Waals surface area contributed by atoms with Crippen LogP contribution in [0.4, 0.5) is 4.39 Å². The molecular formula is C15H14FNO2. The fraction of sp³-hybridized carbons (Fsp3) is 0.133. The van der Waals surface area contributed by atoms with Crippen molar-refractivity contribution in [3.05, 3.63) is 71.0 Å². The zero-order valence-electron chi connectivity index (χ0n) is 10.3. The lowest BCUT2D eigenvalue weighted by molar-refractivity contribution is 0.0695. The predicted molar refractivity (Wildman–Crippen MR) is 70.3 cm³/mol. The van der Waals surface area contributed by atoms with Crippen molar-refractivity contribution in [2.24, 2.45) is 0 Å². The molecule has 0 amide bonds. The van der Waals surface area contributed by atoms with E-state index in [0.29, 0.717) is 18.7 Å². The Labute approximate surface area is 110 Å². The van der Waals surface area contributed by atoms with Crippen molar-refractivity contribution in [3.8, 4) is 0 Å². The Kier molecular flexibility index (Phi) is 4.26. The van der Waals surface area contributed by atoms with E-state index in [1.54, 1.807) is 36.4 Å². The third-order valence-electron chi connectivity index (χ3n) is 2.81. The first-order valence-electron chi connectivity index (χ1n) is 5.93. The van der Waals surface area contributed by atoms with Crippen molar-refractivity contribution < 1.29 is 14.3 Å². The van der Waals surface area contributed by atoms with Crippen molar-refractivity contribution >= 4 is 5.97 Å². The van der Waals surface area contributed by atoms with E-state index in [1.807, 2.05) is 0 Å². The third kappa shape index (κ3) is 3.63. The second-order valence-electron chi connectivity index (χ2n) is 4.19. The van der Waals surface area contributed by atoms with Crippen LogP contribution in [0, 0.1) is 5.82 Å². The predicted octanol–water partition coefficient (Wildman–Crippen LogP) is 2.81. The number of rotatable bonds is 5. The molecule has 0 spiro atoms. The first kappa shape index (κ1) is 13.2. The van der Waals surface area contributed by atoms with Crippen molar-refractivity contribution in [2.75, 3.05) is 0 Å². The molecule has 0 heterocycles. The molecule has 0 aromatic heterocycles. The lowest BCUT2D eigenvalue weighted by Gasteiger charge is -2.08. The number of benzene rings is 2. The van der Waals surface area contributed by atoms with Gasteiger partial charge in [0.2, 0.25) is 0 Å². The zero-order valence-corrected chi connectivity index (χ0v) is 10.3. The first-order valence-corrected chi connectivity index (χ1v) is 5.93. The molecule has 0 saturated heterocycles. The van der Waals surface area contributed by atoms with Crippen molar-refractivity contribution in [1.29, 1.82) is 0 Å². The van der Waals surface area contributed by atoms with Crippen LogP contribution in [0.15, 0.2) is 48.5 Å². The minimum Gasteiger partial charge on any atom is -0.478 e. The number of carboxylic acids is 1. The average molecular weight is 259 g/mol. The minimum absolute atomic E-state index is 0.264. The van der Waals surface area contributed by atoms with Crippen LogP contribution in [-0.2, 0) is 13.1 Å². The molecule has 0 aliphatic rings. The molecule has 19 heavy (non-hydrogen) atoms. The van der Waals surface area contributed by atoms with Gasteiger partial charge in [0, 0.05) is 13.1 Å². The summed E-state index contributed by atoms with van der Waals surface area (Å²) in [6.45, 7) is 1.02. The molecule has 98 valence electrons. The molecule has 0 bridgehead atoms. The van der Waals surface area contributed by atoms with Gasteiger partial charge in [0.1, 0.15) is 5.82 Å². The molecule has 0 aliphatic heterocycles. The highest BCUT2D eigenvalue weighted by Crippen LogP contribution is 2.09. The summed E-state index contributed by atoms with van der Waals surface area (Å²) in [4.78, 5) is 11.0. The summed E-state index contributed by atoms with van der Waals surface area (Å²) in [6, 6.07) is 13.1. The van der Waals surface area contributed by atoms with Gasteiger partial charge in [-0.1, -0.05) is 30.3 Å². The summed E-state index contributed by atoms with van der Waals surface area (Å²) in [6.07, 6.45) is 0. The number of carbonyl (C=O) groups is 1. The lowest BCUT2D eigenvalue weighted by Crippen LogP contribution is -2.15. The quantitative estimate of drug-likeness (QED) is 0.868. The second kappa shape index (κ2) is 6.11. The number of hydrogen-bond donors (Lipinski definition) is 2. The standard InChI is InChI=1S/C15H14FNO2/c16-13-7-5-11(6-8-13)9-17-10-12-3-1-2-4-14(12)15(18)19/h1-8,17H,9-10H2,(H,18,19). The van der Waals surface area contributed by atoms with Gasteiger partial charge >= 0.3 is 5.97 Å². The molecule has 3 nitrogen and oxygen atoms in total. The fourth-order valence-electron chi connectivity index (χ4n) is 1.83. The normalized spacial score (nSPS) is 10.4. The van der Waals surface area contributed by atoms with Crippen LogP contribution in [0.25, 0.3) is 0 Å². The van der Waals surface area contributed by atoms with E-state index < -0.39 is 5.97 Å². The zero-order chi connectivity index (χ0) is 13.7. The molecule has 0 aliphatic carbocycles. The summed E-state index contributed by atoms with van der Waals surface area (Å²) < 4.78 is 12.7. The number of aromatic carboxylic acids is 1. The molecule has 2 rings (SSSR count). The molecule has 0 unspecified atom stereocenters. The highest BCUT2D eigenvalue weighted by atomic mass is 19.1. The topological polar surface area (TPSA) is 49.3 Å². The lowest BCUT2D eigenvalue weighted by atomic mass is 10.1. The Balaban J connectivity index is 1.96. The van der Waals surface area contributed by atoms with E-state index in [-0.39, 0.29) is 5.82 Å². The van der Waals surface area contributed by atoms with Gasteiger partial charge < -0.3 is 10.4 Å². The molecule has 2 aromatic rings. The maximum atomic E-state index is 12.7. The van der Waals surface area contributed by atoms with Gasteiger partial charge in [0.25, 0.3) is 0 Å². The Morgan fingerprint density at radius 2 is 1.74 bits per heavy atom. The summed E-state index contributed by atoms with van der Waals surface area (Å²) in [7, 11) is 0. The van der Waals surface area contributed by atoms with E-state index in [9.17, 15) is 9.18 Å². The van der Waals surface area contributed by atoms with E-state index in [0.717, 1.165) is 11.1 Å². The largest absolute Gasteiger partial charge is 0.478 e. The molecule has 0 atom stereocenters. The Hall–Kier alpha value is -2.20. The molecular weight excluding hydrogens is 245 g/mol. The molecule has 2 N–H and O–H groups in total.